The molecule has 1 aromatic carbocycles. The van der Waals surface area contributed by atoms with Crippen LogP contribution in [0.25, 0.3) is 0 Å². The van der Waals surface area contributed by atoms with Crippen molar-refractivity contribution in [2.75, 3.05) is 30.4 Å². The molecule has 8 nitrogen and oxygen atoms in total. The summed E-state index contributed by atoms with van der Waals surface area (Å²) in [6.07, 6.45) is 7.08. The number of phenolic OH excluding ortho intramolecular Hbond substituents is 1. The molecule has 1 aliphatic carbocycles. The zero-order valence-corrected chi connectivity index (χ0v) is 19.3. The number of hydrogen-bond acceptors (Lipinski definition) is 6. The first-order valence-electron chi connectivity index (χ1n) is 11.1. The predicted molar refractivity (Wildman–Crippen MR) is 125 cm³/mol. The Morgan fingerprint density at radius 1 is 1.19 bits per heavy atom. The van der Waals surface area contributed by atoms with Crippen LogP contribution in [-0.2, 0) is 16.4 Å². The number of anilines is 2. The highest BCUT2D eigenvalue weighted by Crippen LogP contribution is 2.33. The maximum atomic E-state index is 12.8. The number of nitrogens with one attached hydrogen (secondary N) is 1. The van der Waals surface area contributed by atoms with Gasteiger partial charge in [-0.2, -0.15) is 0 Å². The average molecular weight is 459 g/mol. The van der Waals surface area contributed by atoms with Gasteiger partial charge in [0.2, 0.25) is 10.0 Å². The molecule has 2 aromatic rings. The minimum atomic E-state index is -3.12. The highest BCUT2D eigenvalue weighted by atomic mass is 32.2. The molecule has 0 radical (unpaired) electrons. The molecule has 1 saturated heterocycles. The van der Waals surface area contributed by atoms with Gasteiger partial charge in [-0.1, -0.05) is 6.92 Å². The highest BCUT2D eigenvalue weighted by molar-refractivity contribution is 7.90. The number of pyridine rings is 1. The van der Waals surface area contributed by atoms with Gasteiger partial charge in [-0.3, -0.25) is 9.78 Å². The topological polar surface area (TPSA) is 103 Å². The van der Waals surface area contributed by atoms with Crippen molar-refractivity contribution in [2.45, 2.75) is 50.3 Å². The van der Waals surface area contributed by atoms with E-state index >= 15 is 0 Å². The van der Waals surface area contributed by atoms with E-state index in [0.29, 0.717) is 30.8 Å². The molecule has 1 aromatic heterocycles. The van der Waals surface area contributed by atoms with Crippen molar-refractivity contribution in [1.82, 2.24) is 9.29 Å². The molecular formula is C23H30N4O4S. The van der Waals surface area contributed by atoms with E-state index in [1.54, 1.807) is 28.8 Å². The lowest BCUT2D eigenvalue weighted by atomic mass is 10.0. The van der Waals surface area contributed by atoms with Crippen molar-refractivity contribution in [3.8, 4) is 5.75 Å². The summed E-state index contributed by atoms with van der Waals surface area (Å²) in [4.78, 5) is 19.2. The summed E-state index contributed by atoms with van der Waals surface area (Å²) < 4.78 is 26.6. The van der Waals surface area contributed by atoms with E-state index in [9.17, 15) is 18.3 Å². The number of nitrogens with zero attached hydrogens (tertiary/aromatic N) is 3. The molecule has 1 amide bonds. The van der Waals surface area contributed by atoms with Crippen molar-refractivity contribution in [3.63, 3.8) is 0 Å². The summed E-state index contributed by atoms with van der Waals surface area (Å²) in [5.74, 6) is -0.110. The second-order valence-corrected chi connectivity index (χ2v) is 10.8. The highest BCUT2D eigenvalue weighted by Gasteiger charge is 2.41. The zero-order valence-electron chi connectivity index (χ0n) is 18.5. The van der Waals surface area contributed by atoms with Crippen molar-refractivity contribution in [3.05, 3.63) is 47.8 Å². The molecule has 2 heterocycles. The SMILES string of the molecule is CCc1cc(O)ccc1C(=O)Nc1cncc(N(C)C2CCN(S(=O)(=O)C3CC3)CC2)c1. The van der Waals surface area contributed by atoms with Crippen molar-refractivity contribution in [1.29, 1.82) is 0 Å². The molecule has 172 valence electrons. The quantitative estimate of drug-likeness (QED) is 0.661. The van der Waals surface area contributed by atoms with E-state index in [-0.39, 0.29) is 22.9 Å². The number of piperidine rings is 1. The van der Waals surface area contributed by atoms with Crippen LogP contribution in [0.3, 0.4) is 0 Å². The number of aromatic nitrogens is 1. The van der Waals surface area contributed by atoms with Gasteiger partial charge in [-0.05, 0) is 61.9 Å². The molecule has 2 N–H and O–H groups in total. The minimum Gasteiger partial charge on any atom is -0.508 e. The van der Waals surface area contributed by atoms with Crippen LogP contribution in [0.2, 0.25) is 0 Å². The Morgan fingerprint density at radius 2 is 1.91 bits per heavy atom. The maximum absolute atomic E-state index is 12.8. The number of carbonyl (C=O) groups excluding carboxylic acids is 1. The first kappa shape index (κ1) is 22.5. The third-order valence-electron chi connectivity index (χ3n) is 6.38. The van der Waals surface area contributed by atoms with E-state index in [1.165, 1.54) is 6.07 Å². The number of benzene rings is 1. The van der Waals surface area contributed by atoms with E-state index in [4.69, 9.17) is 0 Å². The largest absolute Gasteiger partial charge is 0.508 e. The molecule has 0 bridgehead atoms. The van der Waals surface area contributed by atoms with Crippen LogP contribution in [0.1, 0.15) is 48.5 Å². The van der Waals surface area contributed by atoms with Crippen LogP contribution in [0.4, 0.5) is 11.4 Å². The number of sulfonamides is 1. The third kappa shape index (κ3) is 4.73. The van der Waals surface area contributed by atoms with E-state index in [2.05, 4.69) is 15.2 Å². The van der Waals surface area contributed by atoms with Crippen LogP contribution in [0.15, 0.2) is 36.7 Å². The standard InChI is InChI=1S/C23H30N4O4S/c1-3-16-12-20(28)4-7-22(16)23(29)25-17-13-19(15-24-14-17)26(2)18-8-10-27(11-9-18)32(30,31)21-5-6-21/h4,7,12-15,18,21,28H,3,5-6,8-11H2,1-2H3,(H,25,29). The summed E-state index contributed by atoms with van der Waals surface area (Å²) in [5.41, 5.74) is 2.75. The van der Waals surface area contributed by atoms with Gasteiger partial charge in [0, 0.05) is 31.7 Å². The van der Waals surface area contributed by atoms with Crippen molar-refractivity contribution < 1.29 is 18.3 Å². The lowest BCUT2D eigenvalue weighted by Crippen LogP contribution is -2.46. The number of rotatable bonds is 7. The van der Waals surface area contributed by atoms with Gasteiger partial charge in [0.05, 0.1) is 29.0 Å². The predicted octanol–water partition coefficient (Wildman–Crippen LogP) is 2.99. The maximum Gasteiger partial charge on any atom is 0.255 e. The fraction of sp³-hybridized carbons (Fsp3) is 0.478. The first-order valence-corrected chi connectivity index (χ1v) is 12.6. The molecule has 0 spiro atoms. The van der Waals surface area contributed by atoms with Gasteiger partial charge >= 0.3 is 0 Å². The number of aromatic hydroxyl groups is 1. The van der Waals surface area contributed by atoms with Crippen LogP contribution >= 0.6 is 0 Å². The Bertz CT molecular complexity index is 1090. The molecule has 9 heteroatoms. The lowest BCUT2D eigenvalue weighted by Gasteiger charge is -2.37. The fourth-order valence-corrected chi connectivity index (χ4v) is 6.13. The van der Waals surface area contributed by atoms with Crippen molar-refractivity contribution in [2.24, 2.45) is 0 Å². The van der Waals surface area contributed by atoms with Gasteiger partial charge in [-0.25, -0.2) is 12.7 Å². The summed E-state index contributed by atoms with van der Waals surface area (Å²) in [6, 6.07) is 6.82. The monoisotopic (exact) mass is 458 g/mol. The Morgan fingerprint density at radius 3 is 2.56 bits per heavy atom. The summed E-state index contributed by atoms with van der Waals surface area (Å²) in [7, 11) is -1.14. The number of amides is 1. The second-order valence-electron chi connectivity index (χ2n) is 8.57. The Kier molecular flexibility index (Phi) is 6.39. The minimum absolute atomic E-state index is 0.139. The first-order chi connectivity index (χ1) is 15.3. The molecule has 1 saturated carbocycles. The van der Waals surface area contributed by atoms with Crippen LogP contribution in [-0.4, -0.2) is 60.1 Å². The summed E-state index contributed by atoms with van der Waals surface area (Å²) >= 11 is 0. The van der Waals surface area contributed by atoms with Gasteiger partial charge in [-0.15, -0.1) is 0 Å². The van der Waals surface area contributed by atoms with E-state index in [0.717, 1.165) is 36.9 Å². The van der Waals surface area contributed by atoms with Gasteiger partial charge < -0.3 is 15.3 Å². The van der Waals surface area contributed by atoms with Gasteiger partial charge in [0.1, 0.15) is 5.75 Å². The number of aryl methyl sites for hydroxylation is 1. The Labute approximate surface area is 189 Å². The third-order valence-corrected chi connectivity index (χ3v) is 8.78. The molecule has 0 atom stereocenters. The molecule has 1 aliphatic heterocycles. The molecule has 0 unspecified atom stereocenters. The molecule has 2 fully saturated rings. The fourth-order valence-electron chi connectivity index (χ4n) is 4.25. The number of hydrogen-bond donors (Lipinski definition) is 2. The van der Waals surface area contributed by atoms with Crippen LogP contribution in [0, 0.1) is 0 Å². The summed E-state index contributed by atoms with van der Waals surface area (Å²) in [5, 5.41) is 12.4. The Balaban J connectivity index is 1.41. The normalized spacial score (nSPS) is 17.8. The Hall–Kier alpha value is -2.65. The smallest absolute Gasteiger partial charge is 0.255 e. The summed E-state index contributed by atoms with van der Waals surface area (Å²) in [6.45, 7) is 3.01. The number of phenols is 1. The molecule has 4 rings (SSSR count). The van der Waals surface area contributed by atoms with E-state index in [1.807, 2.05) is 20.0 Å². The average Bonchev–Trinajstić information content (AvgIpc) is 3.65. The lowest BCUT2D eigenvalue weighted by molar-refractivity contribution is 0.102. The van der Waals surface area contributed by atoms with Gasteiger partial charge in [0.15, 0.2) is 0 Å². The van der Waals surface area contributed by atoms with Gasteiger partial charge in [0.25, 0.3) is 5.91 Å². The zero-order chi connectivity index (χ0) is 22.9. The molecule has 32 heavy (non-hydrogen) atoms. The van der Waals surface area contributed by atoms with Crippen LogP contribution < -0.4 is 10.2 Å². The van der Waals surface area contributed by atoms with Crippen molar-refractivity contribution >= 4 is 27.3 Å². The molecular weight excluding hydrogens is 428 g/mol. The van der Waals surface area contributed by atoms with E-state index < -0.39 is 10.0 Å². The number of carbonyl (C=O) groups is 1. The second kappa shape index (κ2) is 9.07. The van der Waals surface area contributed by atoms with Crippen LogP contribution in [0.5, 0.6) is 5.75 Å². The molecule has 2 aliphatic rings.